The van der Waals surface area contributed by atoms with Crippen molar-refractivity contribution in [3.63, 3.8) is 0 Å². The van der Waals surface area contributed by atoms with Crippen molar-refractivity contribution in [2.75, 3.05) is 0 Å². The number of hydrogen-bond donors (Lipinski definition) is 2. The fourth-order valence-electron chi connectivity index (χ4n) is 0.958. The van der Waals surface area contributed by atoms with E-state index in [0.717, 1.165) is 11.1 Å². The van der Waals surface area contributed by atoms with Crippen LogP contribution in [0, 0.1) is 0 Å². The maximum absolute atomic E-state index is 9.08. The SMILES string of the molecule is C=Cc1cc(O)ccc1CN. The monoisotopic (exact) mass is 149 g/mol. The van der Waals surface area contributed by atoms with Gasteiger partial charge in [-0.05, 0) is 23.3 Å². The Labute approximate surface area is 66.0 Å². The van der Waals surface area contributed by atoms with Crippen LogP contribution in [0.15, 0.2) is 24.8 Å². The average molecular weight is 149 g/mol. The van der Waals surface area contributed by atoms with Gasteiger partial charge in [-0.1, -0.05) is 18.7 Å². The highest BCUT2D eigenvalue weighted by molar-refractivity contribution is 5.54. The molecule has 1 rings (SSSR count). The number of rotatable bonds is 2. The van der Waals surface area contributed by atoms with E-state index >= 15 is 0 Å². The van der Waals surface area contributed by atoms with Gasteiger partial charge in [-0.3, -0.25) is 0 Å². The predicted octanol–water partition coefficient (Wildman–Crippen LogP) is 1.49. The van der Waals surface area contributed by atoms with Crippen LogP contribution in [-0.2, 0) is 6.54 Å². The first-order valence-corrected chi connectivity index (χ1v) is 3.42. The summed E-state index contributed by atoms with van der Waals surface area (Å²) in [5, 5.41) is 9.08. The molecule has 0 aliphatic carbocycles. The van der Waals surface area contributed by atoms with E-state index in [9.17, 15) is 0 Å². The Morgan fingerprint density at radius 1 is 1.55 bits per heavy atom. The second kappa shape index (κ2) is 3.21. The highest BCUT2D eigenvalue weighted by atomic mass is 16.3. The van der Waals surface area contributed by atoms with Gasteiger partial charge in [-0.25, -0.2) is 0 Å². The lowest BCUT2D eigenvalue weighted by Crippen LogP contribution is -1.97. The number of benzene rings is 1. The quantitative estimate of drug-likeness (QED) is 0.669. The molecule has 0 radical (unpaired) electrons. The van der Waals surface area contributed by atoms with E-state index < -0.39 is 0 Å². The molecule has 2 nitrogen and oxygen atoms in total. The third kappa shape index (κ3) is 1.59. The third-order valence-corrected chi connectivity index (χ3v) is 1.57. The Balaban J connectivity index is 3.16. The third-order valence-electron chi connectivity index (χ3n) is 1.57. The van der Waals surface area contributed by atoms with Crippen molar-refractivity contribution < 1.29 is 5.11 Å². The molecule has 0 aliphatic heterocycles. The highest BCUT2D eigenvalue weighted by Gasteiger charge is 1.96. The van der Waals surface area contributed by atoms with Gasteiger partial charge >= 0.3 is 0 Å². The number of nitrogens with two attached hydrogens (primary N) is 1. The van der Waals surface area contributed by atoms with Gasteiger partial charge in [0.1, 0.15) is 5.75 Å². The lowest BCUT2D eigenvalue weighted by molar-refractivity contribution is 0.475. The van der Waals surface area contributed by atoms with Crippen molar-refractivity contribution in [2.45, 2.75) is 6.54 Å². The number of phenols is 1. The van der Waals surface area contributed by atoms with Crippen LogP contribution < -0.4 is 5.73 Å². The molecule has 0 aromatic heterocycles. The minimum absolute atomic E-state index is 0.247. The maximum Gasteiger partial charge on any atom is 0.116 e. The molecule has 11 heavy (non-hydrogen) atoms. The second-order valence-electron chi connectivity index (χ2n) is 2.29. The lowest BCUT2D eigenvalue weighted by Gasteiger charge is -2.02. The fraction of sp³-hybridized carbons (Fsp3) is 0.111. The van der Waals surface area contributed by atoms with E-state index in [0.29, 0.717) is 6.54 Å². The summed E-state index contributed by atoms with van der Waals surface area (Å²) in [6.07, 6.45) is 1.68. The number of hydrogen-bond acceptors (Lipinski definition) is 2. The molecule has 58 valence electrons. The smallest absolute Gasteiger partial charge is 0.116 e. The summed E-state index contributed by atoms with van der Waals surface area (Å²) in [6, 6.07) is 5.07. The van der Waals surface area contributed by atoms with Crippen molar-refractivity contribution in [3.05, 3.63) is 35.9 Å². The second-order valence-corrected chi connectivity index (χ2v) is 2.29. The summed E-state index contributed by atoms with van der Waals surface area (Å²) in [4.78, 5) is 0. The minimum atomic E-state index is 0.247. The summed E-state index contributed by atoms with van der Waals surface area (Å²) < 4.78 is 0. The summed E-state index contributed by atoms with van der Waals surface area (Å²) in [6.45, 7) is 4.09. The van der Waals surface area contributed by atoms with E-state index in [1.165, 1.54) is 0 Å². The van der Waals surface area contributed by atoms with Crippen LogP contribution in [0.4, 0.5) is 0 Å². The largest absolute Gasteiger partial charge is 0.508 e. The molecule has 1 aromatic rings. The van der Waals surface area contributed by atoms with Crippen LogP contribution in [0.3, 0.4) is 0 Å². The normalized spacial score (nSPS) is 9.55. The Kier molecular flexibility index (Phi) is 2.28. The first-order valence-electron chi connectivity index (χ1n) is 3.42. The highest BCUT2D eigenvalue weighted by Crippen LogP contribution is 2.16. The number of phenolic OH excluding ortho intramolecular Hbond substituents is 1. The Bertz CT molecular complexity index is 268. The Hall–Kier alpha value is -1.28. The zero-order valence-corrected chi connectivity index (χ0v) is 6.25. The van der Waals surface area contributed by atoms with E-state index in [1.54, 1.807) is 24.3 Å². The molecule has 0 saturated carbocycles. The molecule has 2 heteroatoms. The lowest BCUT2D eigenvalue weighted by atomic mass is 10.1. The van der Waals surface area contributed by atoms with Crippen molar-refractivity contribution in [1.29, 1.82) is 0 Å². The summed E-state index contributed by atoms with van der Waals surface area (Å²) >= 11 is 0. The molecule has 0 bridgehead atoms. The summed E-state index contributed by atoms with van der Waals surface area (Å²) in [5.41, 5.74) is 7.34. The molecule has 0 aliphatic rings. The van der Waals surface area contributed by atoms with E-state index in [4.69, 9.17) is 10.8 Å². The molecule has 0 atom stereocenters. The molecule has 3 N–H and O–H groups in total. The van der Waals surface area contributed by atoms with Crippen molar-refractivity contribution in [2.24, 2.45) is 5.73 Å². The summed E-state index contributed by atoms with van der Waals surface area (Å²) in [7, 11) is 0. The Morgan fingerprint density at radius 3 is 2.82 bits per heavy atom. The van der Waals surface area contributed by atoms with Gasteiger partial charge in [0.2, 0.25) is 0 Å². The van der Waals surface area contributed by atoms with E-state index in [1.807, 2.05) is 0 Å². The van der Waals surface area contributed by atoms with Gasteiger partial charge in [-0.2, -0.15) is 0 Å². The molecular formula is C9H11NO. The van der Waals surface area contributed by atoms with Crippen molar-refractivity contribution in [1.82, 2.24) is 0 Å². The minimum Gasteiger partial charge on any atom is -0.508 e. The molecule has 0 unspecified atom stereocenters. The molecule has 1 aromatic carbocycles. The molecule has 0 heterocycles. The van der Waals surface area contributed by atoms with Gasteiger partial charge in [-0.15, -0.1) is 0 Å². The van der Waals surface area contributed by atoms with Crippen LogP contribution in [-0.4, -0.2) is 5.11 Å². The van der Waals surface area contributed by atoms with E-state index in [2.05, 4.69) is 6.58 Å². The van der Waals surface area contributed by atoms with Crippen molar-refractivity contribution >= 4 is 6.08 Å². The maximum atomic E-state index is 9.08. The summed E-state index contributed by atoms with van der Waals surface area (Å²) in [5.74, 6) is 0.247. The Morgan fingerprint density at radius 2 is 2.27 bits per heavy atom. The van der Waals surface area contributed by atoms with E-state index in [-0.39, 0.29) is 5.75 Å². The van der Waals surface area contributed by atoms with Gasteiger partial charge in [0.05, 0.1) is 0 Å². The van der Waals surface area contributed by atoms with Gasteiger partial charge in [0.15, 0.2) is 0 Å². The molecule has 0 amide bonds. The first kappa shape index (κ1) is 7.82. The van der Waals surface area contributed by atoms with Gasteiger partial charge in [0, 0.05) is 6.54 Å². The fourth-order valence-corrected chi connectivity index (χ4v) is 0.958. The molecule has 0 fully saturated rings. The van der Waals surface area contributed by atoms with Gasteiger partial charge in [0.25, 0.3) is 0 Å². The topological polar surface area (TPSA) is 46.2 Å². The molecule has 0 spiro atoms. The predicted molar refractivity (Wildman–Crippen MR) is 46.1 cm³/mol. The van der Waals surface area contributed by atoms with Crippen molar-refractivity contribution in [3.8, 4) is 5.75 Å². The zero-order chi connectivity index (χ0) is 8.27. The van der Waals surface area contributed by atoms with Crippen LogP contribution >= 0.6 is 0 Å². The van der Waals surface area contributed by atoms with Crippen LogP contribution in [0.25, 0.3) is 6.08 Å². The average Bonchev–Trinajstić information content (AvgIpc) is 2.04. The molecular weight excluding hydrogens is 138 g/mol. The first-order chi connectivity index (χ1) is 5.27. The van der Waals surface area contributed by atoms with Crippen LogP contribution in [0.2, 0.25) is 0 Å². The van der Waals surface area contributed by atoms with Crippen LogP contribution in [0.1, 0.15) is 11.1 Å². The van der Waals surface area contributed by atoms with Gasteiger partial charge < -0.3 is 10.8 Å². The molecule has 0 saturated heterocycles. The standard InChI is InChI=1S/C9H11NO/c1-2-7-5-9(11)4-3-8(7)6-10/h2-5,11H,1,6,10H2. The zero-order valence-electron chi connectivity index (χ0n) is 6.25. The number of aromatic hydroxyl groups is 1. The van der Waals surface area contributed by atoms with Crippen LogP contribution in [0.5, 0.6) is 5.75 Å².